The summed E-state index contributed by atoms with van der Waals surface area (Å²) in [6, 6.07) is 8.21. The zero-order valence-electron chi connectivity index (χ0n) is 20.2. The average molecular weight is 762 g/mol. The molecule has 0 bridgehead atoms. The Morgan fingerprint density at radius 3 is 2.68 bits per heavy atom. The Kier molecular flexibility index (Phi) is 8.97. The first kappa shape index (κ1) is 28.1. The van der Waals surface area contributed by atoms with Gasteiger partial charge in [0.1, 0.15) is 17.5 Å². The van der Waals surface area contributed by atoms with E-state index in [1.54, 1.807) is 38.3 Å². The Labute approximate surface area is 247 Å². The van der Waals surface area contributed by atoms with Gasteiger partial charge < -0.3 is 14.6 Å². The first-order valence-corrected chi connectivity index (χ1v) is 14.9. The molecule has 0 fully saturated rings. The van der Waals surface area contributed by atoms with Crippen LogP contribution in [0.3, 0.4) is 0 Å². The maximum Gasteiger partial charge on any atom is 0.338 e. The number of phenols is 1. The van der Waals surface area contributed by atoms with Gasteiger partial charge in [0.25, 0.3) is 5.56 Å². The molecule has 7 nitrogen and oxygen atoms in total. The highest BCUT2D eigenvalue weighted by Crippen LogP contribution is 2.38. The van der Waals surface area contributed by atoms with Crippen LogP contribution >= 0.6 is 65.8 Å². The summed E-state index contributed by atoms with van der Waals surface area (Å²) in [5.74, 6) is 0.0930. The van der Waals surface area contributed by atoms with Gasteiger partial charge in [0.05, 0.1) is 33.1 Å². The molecular weight excluding hydrogens is 739 g/mol. The van der Waals surface area contributed by atoms with Crippen LogP contribution in [0.2, 0.25) is 0 Å². The summed E-state index contributed by atoms with van der Waals surface area (Å²) < 4.78 is 15.2. The molecule has 1 N–H and O–H groups in total. The number of halogens is 3. The number of hydrogen-bond acceptors (Lipinski definition) is 7. The van der Waals surface area contributed by atoms with Crippen molar-refractivity contribution in [1.29, 1.82) is 0 Å². The number of nitrogens with zero attached hydrogens (tertiary/aromatic N) is 2. The third-order valence-electron chi connectivity index (χ3n) is 5.72. The van der Waals surface area contributed by atoms with Crippen LogP contribution in [0.1, 0.15) is 43.9 Å². The lowest BCUT2D eigenvalue weighted by Gasteiger charge is -2.27. The first-order chi connectivity index (χ1) is 17.7. The SMILES string of the molecule is CCCC1=C(C(=O)OCC)[C@H](c2cc(Br)ccc2OC)n2c(s/c(=C/c3cc(Br)cc(I)c3O)c2=O)=N1. The number of benzene rings is 2. The zero-order chi connectivity index (χ0) is 26.9. The molecule has 11 heteroatoms. The van der Waals surface area contributed by atoms with Crippen molar-refractivity contribution >= 4 is 77.8 Å². The Morgan fingerprint density at radius 2 is 2.00 bits per heavy atom. The van der Waals surface area contributed by atoms with Gasteiger partial charge in [-0.3, -0.25) is 9.36 Å². The summed E-state index contributed by atoms with van der Waals surface area (Å²) in [6.45, 7) is 3.94. The number of carbonyl (C=O) groups is 1. The molecule has 2 aromatic carbocycles. The summed E-state index contributed by atoms with van der Waals surface area (Å²) in [5.41, 5.74) is 1.71. The fourth-order valence-electron chi connectivity index (χ4n) is 4.17. The molecule has 0 radical (unpaired) electrons. The molecule has 0 unspecified atom stereocenters. The number of allylic oxidation sites excluding steroid dienone is 1. The van der Waals surface area contributed by atoms with Gasteiger partial charge >= 0.3 is 5.97 Å². The van der Waals surface area contributed by atoms with Crippen LogP contribution in [0, 0.1) is 3.57 Å². The molecule has 0 spiro atoms. The monoisotopic (exact) mass is 760 g/mol. The van der Waals surface area contributed by atoms with E-state index in [-0.39, 0.29) is 17.9 Å². The molecule has 1 aliphatic rings. The van der Waals surface area contributed by atoms with Gasteiger partial charge in [-0.15, -0.1) is 0 Å². The van der Waals surface area contributed by atoms with E-state index in [4.69, 9.17) is 14.5 Å². The van der Waals surface area contributed by atoms with E-state index in [1.165, 1.54) is 15.9 Å². The lowest BCUT2D eigenvalue weighted by atomic mass is 9.93. The lowest BCUT2D eigenvalue weighted by molar-refractivity contribution is -0.139. The number of aromatic nitrogens is 1. The van der Waals surface area contributed by atoms with Crippen molar-refractivity contribution in [1.82, 2.24) is 4.57 Å². The van der Waals surface area contributed by atoms with Crippen LogP contribution in [0.15, 0.2) is 60.3 Å². The molecule has 37 heavy (non-hydrogen) atoms. The Morgan fingerprint density at radius 1 is 1.24 bits per heavy atom. The summed E-state index contributed by atoms with van der Waals surface area (Å²) in [5, 5.41) is 10.6. The quantitative estimate of drug-likeness (QED) is 0.257. The first-order valence-electron chi connectivity index (χ1n) is 11.4. The van der Waals surface area contributed by atoms with Gasteiger partial charge in [-0.1, -0.05) is 56.5 Å². The maximum atomic E-state index is 13.9. The summed E-state index contributed by atoms with van der Waals surface area (Å²) in [7, 11) is 1.55. The highest BCUT2D eigenvalue weighted by atomic mass is 127. The zero-order valence-corrected chi connectivity index (χ0v) is 26.3. The van der Waals surface area contributed by atoms with Crippen LogP contribution in [0.5, 0.6) is 11.5 Å². The van der Waals surface area contributed by atoms with Crippen LogP contribution in [-0.4, -0.2) is 29.4 Å². The number of aromatic hydroxyl groups is 1. The van der Waals surface area contributed by atoms with E-state index >= 15 is 0 Å². The molecule has 1 aromatic heterocycles. The largest absolute Gasteiger partial charge is 0.506 e. The Bertz CT molecular complexity index is 1600. The van der Waals surface area contributed by atoms with Crippen molar-refractivity contribution < 1.29 is 19.4 Å². The van der Waals surface area contributed by atoms with Crippen molar-refractivity contribution in [3.63, 3.8) is 0 Å². The number of esters is 1. The minimum absolute atomic E-state index is 0.0822. The second kappa shape index (κ2) is 11.8. The van der Waals surface area contributed by atoms with Gasteiger partial charge in [0.15, 0.2) is 4.80 Å². The third kappa shape index (κ3) is 5.59. The van der Waals surface area contributed by atoms with E-state index in [9.17, 15) is 14.7 Å². The fraction of sp³-hybridized carbons (Fsp3) is 0.269. The van der Waals surface area contributed by atoms with E-state index < -0.39 is 12.0 Å². The Hall–Kier alpha value is -1.96. The van der Waals surface area contributed by atoms with Crippen molar-refractivity contribution in [3.8, 4) is 11.5 Å². The maximum absolute atomic E-state index is 13.9. The Balaban J connectivity index is 2.08. The second-order valence-electron chi connectivity index (χ2n) is 8.13. The number of hydrogen-bond donors (Lipinski definition) is 1. The molecule has 0 saturated heterocycles. The smallest absolute Gasteiger partial charge is 0.338 e. The lowest BCUT2D eigenvalue weighted by Crippen LogP contribution is -2.40. The van der Waals surface area contributed by atoms with Crippen molar-refractivity contribution in [2.45, 2.75) is 32.7 Å². The second-order valence-corrected chi connectivity index (χ2v) is 12.1. The number of fused-ring (bicyclic) bond motifs is 1. The molecule has 2 heterocycles. The molecule has 0 aliphatic carbocycles. The molecule has 0 amide bonds. The van der Waals surface area contributed by atoms with Crippen LogP contribution in [0.25, 0.3) is 6.08 Å². The predicted molar refractivity (Wildman–Crippen MR) is 159 cm³/mol. The minimum atomic E-state index is -0.803. The topological polar surface area (TPSA) is 90.1 Å². The van der Waals surface area contributed by atoms with Gasteiger partial charge in [-0.25, -0.2) is 9.79 Å². The van der Waals surface area contributed by atoms with E-state index in [2.05, 4.69) is 31.9 Å². The summed E-state index contributed by atoms with van der Waals surface area (Å²) in [4.78, 5) is 32.5. The molecule has 1 aliphatic heterocycles. The molecule has 194 valence electrons. The molecular formula is C26H23Br2IN2O5S. The minimum Gasteiger partial charge on any atom is -0.506 e. The highest BCUT2D eigenvalue weighted by molar-refractivity contribution is 14.1. The fourth-order valence-corrected chi connectivity index (χ4v) is 7.11. The van der Waals surface area contributed by atoms with Crippen LogP contribution in [0.4, 0.5) is 0 Å². The summed E-state index contributed by atoms with van der Waals surface area (Å²) >= 11 is 10.2. The molecule has 0 saturated carbocycles. The van der Waals surface area contributed by atoms with Gasteiger partial charge in [0, 0.05) is 20.1 Å². The number of thiazole rings is 1. The number of methoxy groups -OCH3 is 1. The number of ether oxygens (including phenoxy) is 2. The van der Waals surface area contributed by atoms with Gasteiger partial charge in [-0.2, -0.15) is 0 Å². The molecule has 3 aromatic rings. The van der Waals surface area contributed by atoms with Crippen LogP contribution in [-0.2, 0) is 9.53 Å². The van der Waals surface area contributed by atoms with Crippen LogP contribution < -0.4 is 19.6 Å². The van der Waals surface area contributed by atoms with E-state index in [0.717, 1.165) is 15.4 Å². The molecule has 1 atom stereocenters. The van der Waals surface area contributed by atoms with Gasteiger partial charge in [-0.05, 0) is 72.3 Å². The number of rotatable bonds is 7. The summed E-state index contributed by atoms with van der Waals surface area (Å²) in [6.07, 6.45) is 2.94. The van der Waals surface area contributed by atoms with Gasteiger partial charge in [0.2, 0.25) is 0 Å². The normalized spacial score (nSPS) is 15.4. The predicted octanol–water partition coefficient (Wildman–Crippen LogP) is 5.42. The molecule has 4 rings (SSSR count). The van der Waals surface area contributed by atoms with Crippen molar-refractivity contribution in [2.75, 3.05) is 13.7 Å². The van der Waals surface area contributed by atoms with E-state index in [1.807, 2.05) is 41.6 Å². The highest BCUT2D eigenvalue weighted by Gasteiger charge is 2.36. The average Bonchev–Trinajstić information content (AvgIpc) is 3.16. The standard InChI is InChI=1S/C26H23Br2IN2O5S/c1-4-6-18-21(25(34)36-5-2)22(16-11-14(27)7-8-19(16)35-3)31-24(33)20(37-26(31)30-18)10-13-9-15(28)12-17(29)23(13)32/h7-12,22,32H,4-6H2,1-3H3/b20-10+/t22-/m0/s1. The van der Waals surface area contributed by atoms with E-state index in [0.29, 0.717) is 47.5 Å². The third-order valence-corrected chi connectivity index (χ3v) is 8.48. The number of phenolic OH excluding ortho intramolecular Hbond substituents is 1. The number of carbonyl (C=O) groups excluding carboxylic acids is 1. The van der Waals surface area contributed by atoms with Crippen molar-refractivity contribution in [2.24, 2.45) is 4.99 Å². The van der Waals surface area contributed by atoms with Crippen molar-refractivity contribution in [3.05, 3.63) is 84.9 Å².